The van der Waals surface area contributed by atoms with E-state index in [0.717, 1.165) is 28.5 Å². The van der Waals surface area contributed by atoms with Crippen LogP contribution in [0.3, 0.4) is 0 Å². The first-order valence-corrected chi connectivity index (χ1v) is 8.02. The van der Waals surface area contributed by atoms with Crippen LogP contribution in [0.2, 0.25) is 0 Å². The molecule has 0 aliphatic rings. The van der Waals surface area contributed by atoms with Gasteiger partial charge < -0.3 is 14.9 Å². The Balaban J connectivity index is 1.53. The Morgan fingerprint density at radius 1 is 1.08 bits per heavy atom. The first kappa shape index (κ1) is 14.5. The number of imidazole rings is 2. The van der Waals surface area contributed by atoms with Crippen molar-refractivity contribution in [1.29, 1.82) is 0 Å². The third-order valence-electron chi connectivity index (χ3n) is 4.24. The second-order valence-electron chi connectivity index (χ2n) is 5.90. The first-order valence-electron chi connectivity index (χ1n) is 8.02. The normalized spacial score (nSPS) is 12.4. The Hall–Kier alpha value is -3.08. The standard InChI is InChI=1S/C19H19N5/c1-13(21-19-22-17-5-3-4-6-18(17)23-19)15-7-9-16(10-8-15)24-12-11-20-14(24)2/h3-13H,1-2H3,(H2,21,22,23). The zero-order valence-corrected chi connectivity index (χ0v) is 13.7. The fourth-order valence-electron chi connectivity index (χ4n) is 2.88. The molecule has 0 saturated heterocycles. The van der Waals surface area contributed by atoms with Crippen molar-refractivity contribution in [3.63, 3.8) is 0 Å². The van der Waals surface area contributed by atoms with Gasteiger partial charge in [-0.1, -0.05) is 24.3 Å². The minimum atomic E-state index is 0.156. The van der Waals surface area contributed by atoms with Crippen molar-refractivity contribution >= 4 is 17.0 Å². The second kappa shape index (κ2) is 5.85. The molecule has 0 aliphatic heterocycles. The molecule has 0 aliphatic carbocycles. The summed E-state index contributed by atoms with van der Waals surface area (Å²) in [6.07, 6.45) is 3.79. The summed E-state index contributed by atoms with van der Waals surface area (Å²) in [5.74, 6) is 1.77. The molecule has 0 amide bonds. The van der Waals surface area contributed by atoms with Crippen molar-refractivity contribution in [2.75, 3.05) is 5.32 Å². The van der Waals surface area contributed by atoms with Crippen LogP contribution in [-0.2, 0) is 0 Å². The molecule has 1 unspecified atom stereocenters. The average molecular weight is 317 g/mol. The Morgan fingerprint density at radius 2 is 1.88 bits per heavy atom. The van der Waals surface area contributed by atoms with E-state index in [0.29, 0.717) is 0 Å². The summed E-state index contributed by atoms with van der Waals surface area (Å²) in [4.78, 5) is 12.1. The van der Waals surface area contributed by atoms with Crippen molar-refractivity contribution in [2.24, 2.45) is 0 Å². The van der Waals surface area contributed by atoms with Crippen LogP contribution in [0.4, 0.5) is 5.95 Å². The lowest BCUT2D eigenvalue weighted by Crippen LogP contribution is -2.08. The molecule has 4 aromatic rings. The van der Waals surface area contributed by atoms with Crippen LogP contribution in [0.25, 0.3) is 16.7 Å². The summed E-state index contributed by atoms with van der Waals surface area (Å²) in [6.45, 7) is 4.13. The monoisotopic (exact) mass is 317 g/mol. The summed E-state index contributed by atoms with van der Waals surface area (Å²) >= 11 is 0. The molecule has 0 radical (unpaired) electrons. The number of hydrogen-bond acceptors (Lipinski definition) is 3. The molecule has 1 atom stereocenters. The van der Waals surface area contributed by atoms with E-state index >= 15 is 0 Å². The van der Waals surface area contributed by atoms with E-state index in [-0.39, 0.29) is 6.04 Å². The van der Waals surface area contributed by atoms with Gasteiger partial charge in [0.05, 0.1) is 17.1 Å². The Kier molecular flexibility index (Phi) is 3.54. The number of aromatic amines is 1. The number of fused-ring (bicyclic) bond motifs is 1. The number of rotatable bonds is 4. The third-order valence-corrected chi connectivity index (χ3v) is 4.24. The van der Waals surface area contributed by atoms with Crippen LogP contribution >= 0.6 is 0 Å². The van der Waals surface area contributed by atoms with Crippen molar-refractivity contribution in [3.8, 4) is 5.69 Å². The van der Waals surface area contributed by atoms with Gasteiger partial charge in [-0.15, -0.1) is 0 Å². The van der Waals surface area contributed by atoms with Gasteiger partial charge in [0, 0.05) is 18.1 Å². The number of anilines is 1. The highest BCUT2D eigenvalue weighted by Gasteiger charge is 2.09. The number of benzene rings is 2. The lowest BCUT2D eigenvalue weighted by molar-refractivity contribution is 0.866. The quantitative estimate of drug-likeness (QED) is 0.592. The van der Waals surface area contributed by atoms with Crippen molar-refractivity contribution in [3.05, 3.63) is 72.3 Å². The van der Waals surface area contributed by atoms with Crippen LogP contribution in [0, 0.1) is 6.92 Å². The topological polar surface area (TPSA) is 58.5 Å². The van der Waals surface area contributed by atoms with E-state index in [1.807, 2.05) is 43.6 Å². The molecule has 24 heavy (non-hydrogen) atoms. The summed E-state index contributed by atoms with van der Waals surface area (Å²) < 4.78 is 2.07. The fourth-order valence-corrected chi connectivity index (χ4v) is 2.88. The molecule has 4 rings (SSSR count). The number of para-hydroxylation sites is 2. The summed E-state index contributed by atoms with van der Waals surface area (Å²) in [5.41, 5.74) is 4.33. The number of H-pyrrole nitrogens is 1. The first-order chi connectivity index (χ1) is 11.7. The van der Waals surface area contributed by atoms with Gasteiger partial charge in [0.15, 0.2) is 0 Å². The van der Waals surface area contributed by atoms with Gasteiger partial charge in [0.2, 0.25) is 5.95 Å². The van der Waals surface area contributed by atoms with Gasteiger partial charge in [0.1, 0.15) is 5.82 Å². The number of nitrogens with zero attached hydrogens (tertiary/aromatic N) is 3. The lowest BCUT2D eigenvalue weighted by Gasteiger charge is -2.14. The largest absolute Gasteiger partial charge is 0.349 e. The van der Waals surface area contributed by atoms with Gasteiger partial charge in [0.25, 0.3) is 0 Å². The highest BCUT2D eigenvalue weighted by molar-refractivity contribution is 5.77. The molecule has 0 saturated carbocycles. The number of aromatic nitrogens is 4. The van der Waals surface area contributed by atoms with E-state index in [1.165, 1.54) is 5.56 Å². The number of aryl methyl sites for hydroxylation is 1. The lowest BCUT2D eigenvalue weighted by atomic mass is 10.1. The molecular formula is C19H19N5. The third kappa shape index (κ3) is 2.65. The predicted octanol–water partition coefficient (Wildman–Crippen LogP) is 4.23. The van der Waals surface area contributed by atoms with Crippen LogP contribution in [0.1, 0.15) is 24.4 Å². The van der Waals surface area contributed by atoms with Crippen LogP contribution in [0.5, 0.6) is 0 Å². The molecule has 0 bridgehead atoms. The minimum absolute atomic E-state index is 0.156. The Bertz CT molecular complexity index is 932. The highest BCUT2D eigenvalue weighted by atomic mass is 15.1. The maximum Gasteiger partial charge on any atom is 0.201 e. The molecule has 2 aromatic heterocycles. The Morgan fingerprint density at radius 3 is 2.58 bits per heavy atom. The molecule has 2 heterocycles. The molecule has 5 nitrogen and oxygen atoms in total. The van der Waals surface area contributed by atoms with E-state index in [9.17, 15) is 0 Å². The van der Waals surface area contributed by atoms with Gasteiger partial charge in [-0.05, 0) is 43.7 Å². The predicted molar refractivity (Wildman–Crippen MR) is 96.4 cm³/mol. The summed E-state index contributed by atoms with van der Waals surface area (Å²) in [7, 11) is 0. The van der Waals surface area contributed by atoms with Gasteiger partial charge in [-0.3, -0.25) is 0 Å². The van der Waals surface area contributed by atoms with E-state index in [1.54, 1.807) is 0 Å². The van der Waals surface area contributed by atoms with Crippen LogP contribution in [-0.4, -0.2) is 19.5 Å². The number of hydrogen-bond donors (Lipinski definition) is 2. The molecule has 2 N–H and O–H groups in total. The molecular weight excluding hydrogens is 298 g/mol. The van der Waals surface area contributed by atoms with E-state index < -0.39 is 0 Å². The maximum absolute atomic E-state index is 4.57. The number of nitrogens with one attached hydrogen (secondary N) is 2. The highest BCUT2D eigenvalue weighted by Crippen LogP contribution is 2.21. The van der Waals surface area contributed by atoms with Crippen molar-refractivity contribution < 1.29 is 0 Å². The molecule has 2 aromatic carbocycles. The smallest absolute Gasteiger partial charge is 0.201 e. The van der Waals surface area contributed by atoms with Gasteiger partial charge >= 0.3 is 0 Å². The zero-order valence-electron chi connectivity index (χ0n) is 13.7. The average Bonchev–Trinajstić information content (AvgIpc) is 3.20. The van der Waals surface area contributed by atoms with Gasteiger partial charge in [-0.25, -0.2) is 9.97 Å². The summed E-state index contributed by atoms with van der Waals surface area (Å²) in [5, 5.41) is 3.43. The minimum Gasteiger partial charge on any atom is -0.349 e. The van der Waals surface area contributed by atoms with Gasteiger partial charge in [-0.2, -0.15) is 0 Å². The maximum atomic E-state index is 4.57. The molecule has 0 fully saturated rings. The van der Waals surface area contributed by atoms with E-state index in [2.05, 4.69) is 56.0 Å². The molecule has 5 heteroatoms. The van der Waals surface area contributed by atoms with Crippen LogP contribution in [0.15, 0.2) is 60.9 Å². The van der Waals surface area contributed by atoms with Crippen molar-refractivity contribution in [2.45, 2.75) is 19.9 Å². The summed E-state index contributed by atoms with van der Waals surface area (Å²) in [6, 6.07) is 16.7. The Labute approximate surface area is 140 Å². The fraction of sp³-hybridized carbons (Fsp3) is 0.158. The van der Waals surface area contributed by atoms with Crippen molar-refractivity contribution in [1.82, 2.24) is 19.5 Å². The van der Waals surface area contributed by atoms with E-state index in [4.69, 9.17) is 0 Å². The molecule has 0 spiro atoms. The van der Waals surface area contributed by atoms with Crippen LogP contribution < -0.4 is 5.32 Å². The zero-order chi connectivity index (χ0) is 16.5. The molecule has 120 valence electrons. The SMILES string of the molecule is Cc1nccn1-c1ccc(C(C)Nc2nc3ccccc3[nH]2)cc1. The second-order valence-corrected chi connectivity index (χ2v) is 5.90.